The van der Waals surface area contributed by atoms with E-state index in [0.29, 0.717) is 22.7 Å². The number of benzene rings is 1. The molecule has 0 saturated heterocycles. The number of nitriles is 1. The van der Waals surface area contributed by atoms with Gasteiger partial charge in [-0.05, 0) is 0 Å². The zero-order chi connectivity index (χ0) is 16.5. The van der Waals surface area contributed by atoms with Crippen LogP contribution in [0, 0.1) is 11.3 Å². The highest BCUT2D eigenvalue weighted by atomic mass is 16.7. The Labute approximate surface area is 130 Å². The van der Waals surface area contributed by atoms with Crippen LogP contribution in [-0.4, -0.2) is 59.6 Å². The fraction of sp³-hybridized carbons (Fsp3) is 0.467. The van der Waals surface area contributed by atoms with Gasteiger partial charge in [0, 0.05) is 40.4 Å². The highest BCUT2D eigenvalue weighted by molar-refractivity contribution is 5.68. The van der Waals surface area contributed by atoms with Crippen LogP contribution in [0.3, 0.4) is 0 Å². The molecule has 1 aromatic carbocycles. The van der Waals surface area contributed by atoms with Crippen LogP contribution in [0.5, 0.6) is 11.5 Å². The van der Waals surface area contributed by atoms with Crippen molar-refractivity contribution in [2.75, 3.05) is 42.0 Å². The van der Waals surface area contributed by atoms with Gasteiger partial charge in [0.1, 0.15) is 12.7 Å². The third kappa shape index (κ3) is 4.91. The average Bonchev–Trinajstić information content (AvgIpc) is 2.53. The van der Waals surface area contributed by atoms with Crippen molar-refractivity contribution >= 4 is 12.0 Å². The first-order chi connectivity index (χ1) is 10.5. The van der Waals surface area contributed by atoms with Crippen molar-refractivity contribution in [3.05, 3.63) is 17.7 Å². The molecule has 0 fully saturated rings. The van der Waals surface area contributed by atoms with E-state index in [1.165, 1.54) is 21.3 Å². The average molecular weight is 307 g/mol. The highest BCUT2D eigenvalue weighted by Crippen LogP contribution is 2.34. The topological polar surface area (TPSA) is 76.3 Å². The number of aliphatic imine (C=N–C) groups is 1. The summed E-state index contributed by atoms with van der Waals surface area (Å²) in [4.78, 5) is 6.04. The van der Waals surface area contributed by atoms with Crippen molar-refractivity contribution in [2.45, 2.75) is 6.29 Å². The van der Waals surface area contributed by atoms with Gasteiger partial charge in [-0.1, -0.05) is 0 Å². The molecule has 0 aromatic heterocycles. The Kier molecular flexibility index (Phi) is 7.16. The number of hydrogen-bond acceptors (Lipinski definition) is 6. The number of ether oxygens (including phenoxy) is 4. The molecular weight excluding hydrogens is 286 g/mol. The summed E-state index contributed by atoms with van der Waals surface area (Å²) in [7, 11) is 8.26. The van der Waals surface area contributed by atoms with E-state index < -0.39 is 6.29 Å². The molecule has 7 nitrogen and oxygen atoms in total. The lowest BCUT2D eigenvalue weighted by Gasteiger charge is -2.16. The van der Waals surface area contributed by atoms with Gasteiger partial charge >= 0.3 is 0 Å². The second kappa shape index (κ2) is 8.87. The van der Waals surface area contributed by atoms with Gasteiger partial charge in [-0.2, -0.15) is 5.26 Å². The molecule has 0 aliphatic rings. The molecule has 0 spiro atoms. The fourth-order valence-corrected chi connectivity index (χ4v) is 1.59. The molecule has 0 bridgehead atoms. The second-order valence-corrected chi connectivity index (χ2v) is 4.55. The van der Waals surface area contributed by atoms with E-state index in [9.17, 15) is 5.26 Å². The monoisotopic (exact) mass is 307 g/mol. The van der Waals surface area contributed by atoms with Crippen molar-refractivity contribution in [1.29, 1.82) is 5.26 Å². The smallest absolute Gasteiger partial charge is 0.191 e. The van der Waals surface area contributed by atoms with Crippen LogP contribution >= 0.6 is 0 Å². The Morgan fingerprint density at radius 1 is 1.23 bits per heavy atom. The molecule has 120 valence electrons. The van der Waals surface area contributed by atoms with Crippen molar-refractivity contribution < 1.29 is 18.9 Å². The van der Waals surface area contributed by atoms with Gasteiger partial charge in [0.15, 0.2) is 17.8 Å². The summed E-state index contributed by atoms with van der Waals surface area (Å²) in [5.74, 6) is 0.915. The lowest BCUT2D eigenvalue weighted by atomic mass is 10.1. The molecule has 0 amide bonds. The standard InChI is InChI=1S/C15H21N3O4/c1-18(2)10-17-12-7-14(22-9-15(20-4)21-5)13(19-3)6-11(12)8-16/h6-7,10,15H,9H2,1-5H3/b17-10+. The van der Waals surface area contributed by atoms with Crippen LogP contribution in [0.25, 0.3) is 0 Å². The molecule has 0 unspecified atom stereocenters. The number of nitrogens with zero attached hydrogens (tertiary/aromatic N) is 3. The molecule has 1 aromatic rings. The Bertz CT molecular complexity index is 548. The lowest BCUT2D eigenvalue weighted by molar-refractivity contribution is -0.122. The maximum absolute atomic E-state index is 9.21. The number of rotatable bonds is 8. The largest absolute Gasteiger partial charge is 0.493 e. The number of hydrogen-bond donors (Lipinski definition) is 0. The van der Waals surface area contributed by atoms with E-state index in [1.807, 2.05) is 14.1 Å². The SMILES string of the molecule is COc1cc(C#N)c(/N=C/N(C)C)cc1OCC(OC)OC. The Hall–Kier alpha value is -2.30. The minimum atomic E-state index is -0.492. The highest BCUT2D eigenvalue weighted by Gasteiger charge is 2.13. The molecule has 0 saturated carbocycles. The normalized spacial score (nSPS) is 10.8. The molecule has 1 rings (SSSR count). The van der Waals surface area contributed by atoms with Crippen molar-refractivity contribution in [2.24, 2.45) is 4.99 Å². The zero-order valence-corrected chi connectivity index (χ0v) is 13.5. The van der Waals surface area contributed by atoms with Crippen LogP contribution in [-0.2, 0) is 9.47 Å². The van der Waals surface area contributed by atoms with Gasteiger partial charge in [-0.25, -0.2) is 4.99 Å². The van der Waals surface area contributed by atoms with Crippen molar-refractivity contribution in [1.82, 2.24) is 4.90 Å². The lowest BCUT2D eigenvalue weighted by Crippen LogP contribution is -2.22. The van der Waals surface area contributed by atoms with Crippen LogP contribution in [0.1, 0.15) is 5.56 Å². The van der Waals surface area contributed by atoms with Crippen LogP contribution in [0.2, 0.25) is 0 Å². The van der Waals surface area contributed by atoms with Gasteiger partial charge in [0.25, 0.3) is 0 Å². The molecule has 0 aliphatic heterocycles. The van der Waals surface area contributed by atoms with Gasteiger partial charge in [0.05, 0.1) is 24.7 Å². The van der Waals surface area contributed by atoms with Crippen LogP contribution in [0.4, 0.5) is 5.69 Å². The van der Waals surface area contributed by atoms with Crippen LogP contribution < -0.4 is 9.47 Å². The fourth-order valence-electron chi connectivity index (χ4n) is 1.59. The van der Waals surface area contributed by atoms with E-state index >= 15 is 0 Å². The van der Waals surface area contributed by atoms with E-state index in [-0.39, 0.29) is 6.61 Å². The van der Waals surface area contributed by atoms with E-state index in [2.05, 4.69) is 11.1 Å². The van der Waals surface area contributed by atoms with Crippen LogP contribution in [0.15, 0.2) is 17.1 Å². The Morgan fingerprint density at radius 2 is 1.91 bits per heavy atom. The summed E-state index contributed by atoms with van der Waals surface area (Å²) in [5.41, 5.74) is 0.899. The first-order valence-corrected chi connectivity index (χ1v) is 6.56. The van der Waals surface area contributed by atoms with Crippen molar-refractivity contribution in [3.8, 4) is 17.6 Å². The Morgan fingerprint density at radius 3 is 2.41 bits per heavy atom. The predicted molar refractivity (Wildman–Crippen MR) is 82.8 cm³/mol. The molecular formula is C15H21N3O4. The maximum Gasteiger partial charge on any atom is 0.191 e. The molecule has 0 aliphatic carbocycles. The molecule has 22 heavy (non-hydrogen) atoms. The first-order valence-electron chi connectivity index (χ1n) is 6.56. The summed E-state index contributed by atoms with van der Waals surface area (Å²) >= 11 is 0. The van der Waals surface area contributed by atoms with E-state index in [4.69, 9.17) is 18.9 Å². The predicted octanol–water partition coefficient (Wildman–Crippen LogP) is 1.79. The summed E-state index contributed by atoms with van der Waals surface area (Å²) in [5, 5.41) is 9.21. The van der Waals surface area contributed by atoms with Gasteiger partial charge < -0.3 is 23.8 Å². The minimum Gasteiger partial charge on any atom is -0.493 e. The summed E-state index contributed by atoms with van der Waals surface area (Å²) in [6.07, 6.45) is 1.12. The van der Waals surface area contributed by atoms with Crippen molar-refractivity contribution in [3.63, 3.8) is 0 Å². The third-order valence-corrected chi connectivity index (χ3v) is 2.73. The molecule has 0 heterocycles. The van der Waals surface area contributed by atoms with E-state index in [1.54, 1.807) is 23.4 Å². The molecule has 0 radical (unpaired) electrons. The number of methoxy groups -OCH3 is 3. The third-order valence-electron chi connectivity index (χ3n) is 2.73. The zero-order valence-electron chi connectivity index (χ0n) is 13.5. The Balaban J connectivity index is 3.09. The summed E-state index contributed by atoms with van der Waals surface area (Å²) < 4.78 is 21.0. The molecule has 0 atom stereocenters. The first kappa shape index (κ1) is 17.8. The maximum atomic E-state index is 9.21. The minimum absolute atomic E-state index is 0.187. The van der Waals surface area contributed by atoms with Gasteiger partial charge in [0.2, 0.25) is 0 Å². The molecule has 7 heteroatoms. The van der Waals surface area contributed by atoms with Gasteiger partial charge in [-0.15, -0.1) is 0 Å². The van der Waals surface area contributed by atoms with Gasteiger partial charge in [-0.3, -0.25) is 0 Å². The summed E-state index contributed by atoms with van der Waals surface area (Å²) in [6.45, 7) is 0.187. The molecule has 0 N–H and O–H groups in total. The quantitative estimate of drug-likeness (QED) is 0.414. The summed E-state index contributed by atoms with van der Waals surface area (Å²) in [6, 6.07) is 5.33. The second-order valence-electron chi connectivity index (χ2n) is 4.55. The van der Waals surface area contributed by atoms with E-state index in [0.717, 1.165) is 0 Å².